The molecule has 0 unspecified atom stereocenters. The molecule has 2 amide bonds. The van der Waals surface area contributed by atoms with Gasteiger partial charge in [0.25, 0.3) is 5.91 Å². The highest BCUT2D eigenvalue weighted by Gasteiger charge is 2.30. The Kier molecular flexibility index (Phi) is 4.25. The third kappa shape index (κ3) is 3.47. The fourth-order valence-electron chi connectivity index (χ4n) is 3.16. The quantitative estimate of drug-likeness (QED) is 0.896. The highest BCUT2D eigenvalue weighted by Crippen LogP contribution is 2.33. The van der Waals surface area contributed by atoms with Crippen molar-refractivity contribution in [2.24, 2.45) is 5.92 Å². The van der Waals surface area contributed by atoms with E-state index in [4.69, 9.17) is 0 Å². The lowest BCUT2D eigenvalue weighted by atomic mass is 10.1. The van der Waals surface area contributed by atoms with Gasteiger partial charge in [-0.3, -0.25) is 14.5 Å². The molecule has 2 aliphatic rings. The van der Waals surface area contributed by atoms with E-state index in [0.717, 1.165) is 23.6 Å². The average molecular weight is 372 g/mol. The Balaban J connectivity index is 1.65. The number of nitrogens with zero attached hydrogens (tertiary/aromatic N) is 3. The first-order valence-electron chi connectivity index (χ1n) is 8.70. The summed E-state index contributed by atoms with van der Waals surface area (Å²) in [6, 6.07) is 4.99. The molecule has 1 saturated carbocycles. The predicted octanol–water partition coefficient (Wildman–Crippen LogP) is 2.80. The number of aromatic nitrogens is 1. The number of fused-ring (bicyclic) bond motifs is 1. The molecule has 1 aliphatic carbocycles. The topological polar surface area (TPSA) is 65.5 Å². The summed E-state index contributed by atoms with van der Waals surface area (Å²) in [5, 5.41) is 2.46. The SMILES string of the molecule is CN(CC1CC1)c1cc(C(=O)N2CC(=O)Nc3cc(F)c(F)cc32)ccn1. The van der Waals surface area contributed by atoms with Crippen molar-refractivity contribution in [3.63, 3.8) is 0 Å². The maximum Gasteiger partial charge on any atom is 0.259 e. The van der Waals surface area contributed by atoms with Crippen LogP contribution in [0.4, 0.5) is 26.0 Å². The zero-order chi connectivity index (χ0) is 19.1. The smallest absolute Gasteiger partial charge is 0.259 e. The van der Waals surface area contributed by atoms with E-state index in [1.807, 2.05) is 11.9 Å². The van der Waals surface area contributed by atoms with Crippen molar-refractivity contribution in [3.8, 4) is 0 Å². The molecule has 2 heterocycles. The summed E-state index contributed by atoms with van der Waals surface area (Å²) in [6.45, 7) is 0.594. The number of amides is 2. The zero-order valence-corrected chi connectivity index (χ0v) is 14.7. The number of carbonyl (C=O) groups is 2. The number of rotatable bonds is 4. The molecule has 0 atom stereocenters. The molecule has 27 heavy (non-hydrogen) atoms. The molecular formula is C19H18F2N4O2. The van der Waals surface area contributed by atoms with Crippen LogP contribution in [0.1, 0.15) is 23.2 Å². The Morgan fingerprint density at radius 1 is 1.30 bits per heavy atom. The van der Waals surface area contributed by atoms with Crippen molar-refractivity contribution < 1.29 is 18.4 Å². The van der Waals surface area contributed by atoms with Crippen LogP contribution < -0.4 is 15.1 Å². The summed E-state index contributed by atoms with van der Waals surface area (Å²) in [4.78, 5) is 32.4. The Bertz CT molecular complexity index is 930. The summed E-state index contributed by atoms with van der Waals surface area (Å²) in [5.41, 5.74) is 0.523. The standard InChI is InChI=1S/C19H18F2N4O2/c1-24(9-11-2-3-11)17-6-12(4-5-22-17)19(27)25-10-18(26)23-15-7-13(20)14(21)8-16(15)25/h4-8,11H,2-3,9-10H2,1H3,(H,23,26). The van der Waals surface area contributed by atoms with Crippen LogP contribution in [0.5, 0.6) is 0 Å². The third-order valence-corrected chi connectivity index (χ3v) is 4.76. The Labute approximate surface area is 154 Å². The summed E-state index contributed by atoms with van der Waals surface area (Å²) in [7, 11) is 1.91. The molecule has 140 valence electrons. The first-order chi connectivity index (χ1) is 12.9. The number of pyridine rings is 1. The van der Waals surface area contributed by atoms with E-state index >= 15 is 0 Å². The summed E-state index contributed by atoms with van der Waals surface area (Å²) < 4.78 is 27.2. The minimum atomic E-state index is -1.09. The number of halogens is 2. The van der Waals surface area contributed by atoms with Gasteiger partial charge >= 0.3 is 0 Å². The lowest BCUT2D eigenvalue weighted by Crippen LogP contribution is -2.42. The highest BCUT2D eigenvalue weighted by molar-refractivity contribution is 6.15. The highest BCUT2D eigenvalue weighted by atomic mass is 19.2. The molecule has 1 aromatic heterocycles. The fraction of sp³-hybridized carbons (Fsp3) is 0.316. The molecule has 0 radical (unpaired) electrons. The van der Waals surface area contributed by atoms with Crippen molar-refractivity contribution in [1.82, 2.24) is 4.98 Å². The summed E-state index contributed by atoms with van der Waals surface area (Å²) >= 11 is 0. The first kappa shape index (κ1) is 17.4. The van der Waals surface area contributed by atoms with Crippen molar-refractivity contribution in [2.75, 3.05) is 35.3 Å². The van der Waals surface area contributed by atoms with Crippen LogP contribution in [0.2, 0.25) is 0 Å². The van der Waals surface area contributed by atoms with Crippen LogP contribution in [0, 0.1) is 17.6 Å². The van der Waals surface area contributed by atoms with E-state index in [1.165, 1.54) is 19.0 Å². The summed E-state index contributed by atoms with van der Waals surface area (Å²) in [5.74, 6) is -1.80. The van der Waals surface area contributed by atoms with Gasteiger partial charge in [-0.25, -0.2) is 13.8 Å². The van der Waals surface area contributed by atoms with Gasteiger partial charge < -0.3 is 10.2 Å². The second-order valence-corrected chi connectivity index (χ2v) is 6.95. The van der Waals surface area contributed by atoms with Gasteiger partial charge in [0.15, 0.2) is 11.6 Å². The van der Waals surface area contributed by atoms with E-state index in [9.17, 15) is 18.4 Å². The van der Waals surface area contributed by atoms with Gasteiger partial charge in [-0.05, 0) is 30.9 Å². The van der Waals surface area contributed by atoms with E-state index < -0.39 is 23.4 Å². The normalized spacial score (nSPS) is 16.0. The molecule has 6 nitrogen and oxygen atoms in total. The van der Waals surface area contributed by atoms with Crippen LogP contribution in [0.3, 0.4) is 0 Å². The number of hydrogen-bond donors (Lipinski definition) is 1. The Morgan fingerprint density at radius 2 is 2.04 bits per heavy atom. The van der Waals surface area contributed by atoms with Gasteiger partial charge in [0.05, 0.1) is 11.4 Å². The molecular weight excluding hydrogens is 354 g/mol. The molecule has 1 N–H and O–H groups in total. The monoisotopic (exact) mass is 372 g/mol. The minimum Gasteiger partial charge on any atom is -0.359 e. The van der Waals surface area contributed by atoms with Crippen molar-refractivity contribution in [2.45, 2.75) is 12.8 Å². The molecule has 1 aliphatic heterocycles. The molecule has 8 heteroatoms. The van der Waals surface area contributed by atoms with E-state index in [1.54, 1.807) is 12.1 Å². The van der Waals surface area contributed by atoms with Crippen LogP contribution in [0.15, 0.2) is 30.5 Å². The Hall–Kier alpha value is -3.03. The second kappa shape index (κ2) is 6.61. The number of benzene rings is 1. The van der Waals surface area contributed by atoms with Gasteiger partial charge in [0, 0.05) is 37.5 Å². The molecule has 1 fully saturated rings. The molecule has 1 aromatic carbocycles. The molecule has 0 saturated heterocycles. The summed E-state index contributed by atoms with van der Waals surface area (Å²) in [6.07, 6.45) is 3.93. The Morgan fingerprint density at radius 3 is 2.78 bits per heavy atom. The lowest BCUT2D eigenvalue weighted by Gasteiger charge is -2.29. The van der Waals surface area contributed by atoms with Gasteiger partial charge in [-0.15, -0.1) is 0 Å². The van der Waals surface area contributed by atoms with Gasteiger partial charge in [0.1, 0.15) is 12.4 Å². The van der Waals surface area contributed by atoms with Crippen LogP contribution in [0.25, 0.3) is 0 Å². The van der Waals surface area contributed by atoms with E-state index in [-0.39, 0.29) is 17.9 Å². The number of nitrogens with one attached hydrogen (secondary N) is 1. The van der Waals surface area contributed by atoms with Gasteiger partial charge in [0.2, 0.25) is 5.91 Å². The molecule has 0 spiro atoms. The molecule has 0 bridgehead atoms. The van der Waals surface area contributed by atoms with E-state index in [0.29, 0.717) is 17.3 Å². The number of carbonyl (C=O) groups excluding carboxylic acids is 2. The molecule has 2 aromatic rings. The van der Waals surface area contributed by atoms with Crippen LogP contribution >= 0.6 is 0 Å². The fourth-order valence-corrected chi connectivity index (χ4v) is 3.16. The minimum absolute atomic E-state index is 0.0682. The van der Waals surface area contributed by atoms with Crippen LogP contribution in [-0.4, -0.2) is 36.9 Å². The second-order valence-electron chi connectivity index (χ2n) is 6.95. The number of anilines is 3. The maximum absolute atomic E-state index is 13.7. The van der Waals surface area contributed by atoms with E-state index in [2.05, 4.69) is 10.3 Å². The van der Waals surface area contributed by atoms with Gasteiger partial charge in [-0.1, -0.05) is 0 Å². The predicted molar refractivity (Wildman–Crippen MR) is 96.9 cm³/mol. The van der Waals surface area contributed by atoms with Gasteiger partial charge in [-0.2, -0.15) is 0 Å². The molecule has 4 rings (SSSR count). The van der Waals surface area contributed by atoms with Crippen molar-refractivity contribution >= 4 is 29.0 Å². The average Bonchev–Trinajstić information content (AvgIpc) is 3.46. The van der Waals surface area contributed by atoms with Crippen molar-refractivity contribution in [3.05, 3.63) is 47.7 Å². The first-order valence-corrected chi connectivity index (χ1v) is 8.70. The van der Waals surface area contributed by atoms with Crippen LogP contribution in [-0.2, 0) is 4.79 Å². The largest absolute Gasteiger partial charge is 0.359 e. The van der Waals surface area contributed by atoms with Crippen molar-refractivity contribution in [1.29, 1.82) is 0 Å². The maximum atomic E-state index is 13.7. The lowest BCUT2D eigenvalue weighted by molar-refractivity contribution is -0.115. The number of hydrogen-bond acceptors (Lipinski definition) is 4. The zero-order valence-electron chi connectivity index (χ0n) is 14.7. The third-order valence-electron chi connectivity index (χ3n) is 4.76.